The number of urea groups is 1. The van der Waals surface area contributed by atoms with Crippen LogP contribution < -0.4 is 5.32 Å². The van der Waals surface area contributed by atoms with E-state index < -0.39 is 5.97 Å². The predicted octanol–water partition coefficient (Wildman–Crippen LogP) is 4.46. The first-order valence-corrected chi connectivity index (χ1v) is 10.5. The van der Waals surface area contributed by atoms with Crippen LogP contribution in [0.2, 0.25) is 0 Å². The number of halogens is 1. The lowest BCUT2D eigenvalue weighted by Gasteiger charge is -2.30. The third kappa shape index (κ3) is 4.77. The second kappa shape index (κ2) is 9.59. The summed E-state index contributed by atoms with van der Waals surface area (Å²) in [5.74, 6) is 0.156. The van der Waals surface area contributed by atoms with Crippen molar-refractivity contribution in [2.75, 3.05) is 25.0 Å². The van der Waals surface area contributed by atoms with Gasteiger partial charge in [0.1, 0.15) is 5.82 Å². The number of esters is 1. The number of anilines is 1. The van der Waals surface area contributed by atoms with Gasteiger partial charge in [-0.1, -0.05) is 17.3 Å². The Labute approximate surface area is 184 Å². The Morgan fingerprint density at radius 1 is 1.16 bits per heavy atom. The zero-order valence-electron chi connectivity index (χ0n) is 17.6. The Bertz CT molecular complexity index is 1090. The van der Waals surface area contributed by atoms with Crippen molar-refractivity contribution >= 4 is 17.7 Å². The number of nitrogens with one attached hydrogen (secondary N) is 1. The molecule has 2 aromatic carbocycles. The molecule has 4 rings (SSSR count). The van der Waals surface area contributed by atoms with Gasteiger partial charge in [0.05, 0.1) is 17.9 Å². The molecule has 0 aliphatic carbocycles. The van der Waals surface area contributed by atoms with Crippen LogP contribution in [0.15, 0.2) is 53.1 Å². The minimum absolute atomic E-state index is 0.0348. The van der Waals surface area contributed by atoms with E-state index in [1.807, 2.05) is 0 Å². The molecule has 8 nitrogen and oxygen atoms in total. The first-order valence-electron chi connectivity index (χ1n) is 10.5. The second-order valence-corrected chi connectivity index (χ2v) is 7.42. The van der Waals surface area contributed by atoms with Gasteiger partial charge in [0.2, 0.25) is 11.7 Å². The number of rotatable bonds is 5. The topological polar surface area (TPSA) is 97.6 Å². The highest BCUT2D eigenvalue weighted by Gasteiger charge is 2.28. The third-order valence-electron chi connectivity index (χ3n) is 5.34. The van der Waals surface area contributed by atoms with E-state index in [1.54, 1.807) is 48.2 Å². The molecule has 166 valence electrons. The smallest absolute Gasteiger partial charge is 0.340 e. The van der Waals surface area contributed by atoms with Gasteiger partial charge < -0.3 is 19.5 Å². The van der Waals surface area contributed by atoms with Crippen LogP contribution in [-0.2, 0) is 4.74 Å². The quantitative estimate of drug-likeness (QED) is 0.591. The maximum absolute atomic E-state index is 13.1. The lowest BCUT2D eigenvalue weighted by Crippen LogP contribution is -2.40. The molecule has 0 atom stereocenters. The molecule has 1 aliphatic heterocycles. The van der Waals surface area contributed by atoms with Crippen LogP contribution in [0.25, 0.3) is 11.4 Å². The van der Waals surface area contributed by atoms with Gasteiger partial charge in [-0.05, 0) is 56.2 Å². The van der Waals surface area contributed by atoms with E-state index in [0.29, 0.717) is 54.5 Å². The summed E-state index contributed by atoms with van der Waals surface area (Å²) in [6, 6.07) is 12.4. The molecule has 0 spiro atoms. The number of piperidine rings is 1. The Hall–Kier alpha value is -3.75. The molecule has 0 unspecified atom stereocenters. The van der Waals surface area contributed by atoms with Gasteiger partial charge in [0.25, 0.3) is 0 Å². The van der Waals surface area contributed by atoms with Crippen molar-refractivity contribution in [3.8, 4) is 11.4 Å². The molecular formula is C23H23FN4O4. The van der Waals surface area contributed by atoms with Crippen LogP contribution in [0.5, 0.6) is 0 Å². The van der Waals surface area contributed by atoms with Gasteiger partial charge in [-0.15, -0.1) is 0 Å². The van der Waals surface area contributed by atoms with E-state index in [9.17, 15) is 14.0 Å². The van der Waals surface area contributed by atoms with Crippen molar-refractivity contribution in [1.29, 1.82) is 0 Å². The number of para-hydroxylation sites is 1. The van der Waals surface area contributed by atoms with Crippen LogP contribution >= 0.6 is 0 Å². The third-order valence-corrected chi connectivity index (χ3v) is 5.34. The fraction of sp³-hybridized carbons (Fsp3) is 0.304. The molecule has 1 saturated heterocycles. The van der Waals surface area contributed by atoms with Crippen molar-refractivity contribution in [2.45, 2.75) is 25.7 Å². The van der Waals surface area contributed by atoms with Crippen molar-refractivity contribution < 1.29 is 23.2 Å². The van der Waals surface area contributed by atoms with Gasteiger partial charge in [-0.2, -0.15) is 4.98 Å². The first kappa shape index (κ1) is 21.5. The van der Waals surface area contributed by atoms with Crippen molar-refractivity contribution in [2.24, 2.45) is 0 Å². The fourth-order valence-electron chi connectivity index (χ4n) is 3.62. The van der Waals surface area contributed by atoms with Crippen LogP contribution in [0.1, 0.15) is 41.9 Å². The van der Waals surface area contributed by atoms with E-state index in [1.165, 1.54) is 12.1 Å². The lowest BCUT2D eigenvalue weighted by molar-refractivity contribution is 0.0527. The summed E-state index contributed by atoms with van der Waals surface area (Å²) in [5.41, 5.74) is 1.41. The number of carbonyl (C=O) groups excluding carboxylic acids is 2. The summed E-state index contributed by atoms with van der Waals surface area (Å²) in [6.07, 6.45) is 1.33. The number of likely N-dealkylation sites (tertiary alicyclic amines) is 1. The summed E-state index contributed by atoms with van der Waals surface area (Å²) in [4.78, 5) is 31.0. The molecule has 1 aliphatic rings. The normalized spacial score (nSPS) is 14.2. The summed E-state index contributed by atoms with van der Waals surface area (Å²) >= 11 is 0. The maximum atomic E-state index is 13.1. The fourth-order valence-corrected chi connectivity index (χ4v) is 3.62. The predicted molar refractivity (Wildman–Crippen MR) is 115 cm³/mol. The van der Waals surface area contributed by atoms with Crippen molar-refractivity contribution in [1.82, 2.24) is 15.0 Å². The van der Waals surface area contributed by atoms with E-state index in [2.05, 4.69) is 15.5 Å². The van der Waals surface area contributed by atoms with Crippen LogP contribution in [0.3, 0.4) is 0 Å². The highest BCUT2D eigenvalue weighted by atomic mass is 19.1. The lowest BCUT2D eigenvalue weighted by atomic mass is 9.97. The summed E-state index contributed by atoms with van der Waals surface area (Å²) in [7, 11) is 0. The summed E-state index contributed by atoms with van der Waals surface area (Å²) in [6.45, 7) is 3.00. The number of benzene rings is 2. The van der Waals surface area contributed by atoms with E-state index >= 15 is 0 Å². The molecule has 2 heterocycles. The number of carbonyl (C=O) groups is 2. The SMILES string of the molecule is CCOC(=O)c1ccccc1NC(=O)N1CCC(c2nc(-c3ccc(F)cc3)no2)CC1. The van der Waals surface area contributed by atoms with E-state index in [0.717, 1.165) is 0 Å². The zero-order valence-corrected chi connectivity index (χ0v) is 17.6. The first-order chi connectivity index (χ1) is 15.5. The number of amides is 2. The van der Waals surface area contributed by atoms with E-state index in [4.69, 9.17) is 9.26 Å². The van der Waals surface area contributed by atoms with Crippen molar-refractivity contribution in [3.63, 3.8) is 0 Å². The van der Waals surface area contributed by atoms with Gasteiger partial charge in [0.15, 0.2) is 0 Å². The van der Waals surface area contributed by atoms with Crippen LogP contribution in [0.4, 0.5) is 14.9 Å². The molecule has 0 bridgehead atoms. The number of aromatic nitrogens is 2. The standard InChI is InChI=1S/C23H23FN4O4/c1-2-31-22(29)18-5-3-4-6-19(18)25-23(30)28-13-11-16(12-14-28)21-26-20(27-32-21)15-7-9-17(24)10-8-15/h3-10,16H,2,11-14H2,1H3,(H,25,30). The minimum atomic E-state index is -0.476. The highest BCUT2D eigenvalue weighted by molar-refractivity contribution is 6.00. The van der Waals surface area contributed by atoms with E-state index in [-0.39, 0.29) is 24.4 Å². The monoisotopic (exact) mass is 438 g/mol. The van der Waals surface area contributed by atoms with Gasteiger partial charge in [-0.25, -0.2) is 14.0 Å². The van der Waals surface area contributed by atoms with Gasteiger partial charge in [-0.3, -0.25) is 0 Å². The molecule has 0 radical (unpaired) electrons. The Balaban J connectivity index is 1.36. The maximum Gasteiger partial charge on any atom is 0.340 e. The molecule has 9 heteroatoms. The Morgan fingerprint density at radius 3 is 2.59 bits per heavy atom. The Morgan fingerprint density at radius 2 is 1.88 bits per heavy atom. The zero-order chi connectivity index (χ0) is 22.5. The van der Waals surface area contributed by atoms with Crippen LogP contribution in [0, 0.1) is 5.82 Å². The summed E-state index contributed by atoms with van der Waals surface area (Å²) < 4.78 is 23.6. The van der Waals surface area contributed by atoms with Crippen LogP contribution in [-0.4, -0.2) is 46.7 Å². The summed E-state index contributed by atoms with van der Waals surface area (Å²) in [5, 5.41) is 6.81. The largest absolute Gasteiger partial charge is 0.462 e. The number of ether oxygens (including phenoxy) is 1. The number of hydrogen-bond acceptors (Lipinski definition) is 6. The molecule has 2 amide bonds. The molecular weight excluding hydrogens is 415 g/mol. The average Bonchev–Trinajstić information content (AvgIpc) is 3.30. The highest BCUT2D eigenvalue weighted by Crippen LogP contribution is 2.29. The minimum Gasteiger partial charge on any atom is -0.462 e. The number of nitrogens with zero attached hydrogens (tertiary/aromatic N) is 3. The molecule has 3 aromatic rings. The second-order valence-electron chi connectivity index (χ2n) is 7.42. The molecule has 32 heavy (non-hydrogen) atoms. The average molecular weight is 438 g/mol. The van der Waals surface area contributed by atoms with Gasteiger partial charge >= 0.3 is 12.0 Å². The Kier molecular flexibility index (Phi) is 6.44. The van der Waals surface area contributed by atoms with Crippen molar-refractivity contribution in [3.05, 3.63) is 65.8 Å². The van der Waals surface area contributed by atoms with Gasteiger partial charge in [0, 0.05) is 24.6 Å². The molecule has 0 saturated carbocycles. The molecule has 1 N–H and O–H groups in total. The number of hydrogen-bond donors (Lipinski definition) is 1. The molecule has 1 aromatic heterocycles. The molecule has 1 fully saturated rings.